The van der Waals surface area contributed by atoms with Crippen molar-refractivity contribution in [3.8, 4) is 0 Å². The maximum absolute atomic E-state index is 3.85. The van der Waals surface area contributed by atoms with Gasteiger partial charge in [0.15, 0.2) is 0 Å². The Balaban J connectivity index is 2.95. The molecule has 0 aliphatic carbocycles. The van der Waals surface area contributed by atoms with Gasteiger partial charge in [0.05, 0.1) is 12.4 Å². The van der Waals surface area contributed by atoms with Crippen molar-refractivity contribution in [1.82, 2.24) is 20.0 Å². The first-order valence-electron chi connectivity index (χ1n) is 2.50. The van der Waals surface area contributed by atoms with E-state index in [0.29, 0.717) is 0 Å². The standard InChI is InChI=1S/C5H3N4/c1-2-5-4-6-8-9(5)7-3-1/h1,3-4H. The van der Waals surface area contributed by atoms with Crippen LogP contribution in [0.25, 0.3) is 5.52 Å². The van der Waals surface area contributed by atoms with E-state index in [1.807, 2.05) is 0 Å². The summed E-state index contributed by atoms with van der Waals surface area (Å²) in [5.74, 6) is 0. The lowest BCUT2D eigenvalue weighted by Crippen LogP contribution is -1.90. The first-order valence-corrected chi connectivity index (χ1v) is 2.50. The van der Waals surface area contributed by atoms with Crippen LogP contribution in [0, 0.1) is 6.07 Å². The fourth-order valence-electron chi connectivity index (χ4n) is 0.629. The van der Waals surface area contributed by atoms with Crippen LogP contribution in [-0.4, -0.2) is 20.0 Å². The molecule has 0 bridgehead atoms. The quantitative estimate of drug-likeness (QED) is 0.487. The van der Waals surface area contributed by atoms with E-state index in [1.165, 1.54) is 4.63 Å². The van der Waals surface area contributed by atoms with Crippen LogP contribution < -0.4 is 0 Å². The van der Waals surface area contributed by atoms with Crippen molar-refractivity contribution >= 4 is 5.52 Å². The molecule has 0 aliphatic rings. The summed E-state index contributed by atoms with van der Waals surface area (Å²) in [6.07, 6.45) is 3.22. The number of hydrogen-bond acceptors (Lipinski definition) is 3. The lowest BCUT2D eigenvalue weighted by atomic mass is 10.5. The Bertz CT molecular complexity index is 283. The van der Waals surface area contributed by atoms with Crippen LogP contribution in [0.3, 0.4) is 0 Å². The molecule has 0 saturated heterocycles. The summed E-state index contributed by atoms with van der Waals surface area (Å²) < 4.78 is 1.42. The molecule has 0 amide bonds. The SMILES string of the molecule is [c]1ccnn2nncc12. The Morgan fingerprint density at radius 3 is 3.44 bits per heavy atom. The van der Waals surface area contributed by atoms with Gasteiger partial charge >= 0.3 is 0 Å². The smallest absolute Gasteiger partial charge is 0.116 e. The molecule has 2 aromatic rings. The largest absolute Gasteiger partial charge is 0.157 e. The summed E-state index contributed by atoms with van der Waals surface area (Å²) in [5.41, 5.74) is 0.789. The molecule has 2 rings (SSSR count). The minimum absolute atomic E-state index is 0.789. The molecule has 0 N–H and O–H groups in total. The third-order valence-electron chi connectivity index (χ3n) is 1.01. The summed E-state index contributed by atoms with van der Waals surface area (Å²) in [6.45, 7) is 0. The second kappa shape index (κ2) is 1.51. The molecule has 0 atom stereocenters. The molecule has 0 saturated carbocycles. The molecule has 1 radical (unpaired) electrons. The minimum atomic E-state index is 0.789. The Labute approximate surface area is 51.1 Å². The van der Waals surface area contributed by atoms with E-state index in [2.05, 4.69) is 21.5 Å². The number of aromatic nitrogens is 4. The zero-order valence-corrected chi connectivity index (χ0v) is 4.52. The van der Waals surface area contributed by atoms with Gasteiger partial charge in [-0.05, 0) is 11.3 Å². The van der Waals surface area contributed by atoms with Crippen molar-refractivity contribution in [1.29, 1.82) is 0 Å². The lowest BCUT2D eigenvalue weighted by molar-refractivity contribution is 0.742. The molecule has 0 aromatic carbocycles. The van der Waals surface area contributed by atoms with Gasteiger partial charge in [-0.15, -0.1) is 9.73 Å². The maximum Gasteiger partial charge on any atom is 0.116 e. The fraction of sp³-hybridized carbons (Fsp3) is 0. The molecule has 43 valence electrons. The van der Waals surface area contributed by atoms with Gasteiger partial charge < -0.3 is 0 Å². The Morgan fingerprint density at radius 2 is 2.56 bits per heavy atom. The highest BCUT2D eigenvalue weighted by molar-refractivity contribution is 5.38. The highest BCUT2D eigenvalue weighted by Crippen LogP contribution is 1.91. The minimum Gasteiger partial charge on any atom is -0.157 e. The molecule has 0 unspecified atom stereocenters. The molecule has 4 nitrogen and oxygen atoms in total. The number of fused-ring (bicyclic) bond motifs is 1. The molecule has 2 aromatic heterocycles. The molecular weight excluding hydrogens is 116 g/mol. The van der Waals surface area contributed by atoms with Crippen LogP contribution >= 0.6 is 0 Å². The van der Waals surface area contributed by atoms with Gasteiger partial charge in [-0.2, -0.15) is 5.10 Å². The monoisotopic (exact) mass is 119 g/mol. The van der Waals surface area contributed by atoms with Gasteiger partial charge in [-0.3, -0.25) is 0 Å². The van der Waals surface area contributed by atoms with Gasteiger partial charge in [0, 0.05) is 6.07 Å². The second-order valence-electron chi connectivity index (χ2n) is 1.58. The van der Waals surface area contributed by atoms with Crippen molar-refractivity contribution in [2.24, 2.45) is 0 Å². The second-order valence-corrected chi connectivity index (χ2v) is 1.58. The summed E-state index contributed by atoms with van der Waals surface area (Å²) in [5, 5.41) is 11.1. The van der Waals surface area contributed by atoms with Crippen LogP contribution in [0.4, 0.5) is 0 Å². The van der Waals surface area contributed by atoms with Gasteiger partial charge in [0.2, 0.25) is 0 Å². The number of nitrogens with zero attached hydrogens (tertiary/aromatic N) is 4. The van der Waals surface area contributed by atoms with E-state index in [1.54, 1.807) is 18.5 Å². The van der Waals surface area contributed by atoms with Crippen molar-refractivity contribution in [3.63, 3.8) is 0 Å². The lowest BCUT2D eigenvalue weighted by Gasteiger charge is -1.82. The topological polar surface area (TPSA) is 43.1 Å². The molecule has 9 heavy (non-hydrogen) atoms. The van der Waals surface area contributed by atoms with E-state index in [-0.39, 0.29) is 0 Å². The third-order valence-corrected chi connectivity index (χ3v) is 1.01. The van der Waals surface area contributed by atoms with Crippen LogP contribution in [0.2, 0.25) is 0 Å². The van der Waals surface area contributed by atoms with Crippen LogP contribution in [-0.2, 0) is 0 Å². The zero-order valence-electron chi connectivity index (χ0n) is 4.52. The summed E-state index contributed by atoms with van der Waals surface area (Å²) in [6, 6.07) is 4.63. The molecule has 4 heteroatoms. The molecule has 2 heterocycles. The van der Waals surface area contributed by atoms with Crippen LogP contribution in [0.1, 0.15) is 0 Å². The number of rotatable bonds is 0. The fourth-order valence-corrected chi connectivity index (χ4v) is 0.629. The molecule has 0 fully saturated rings. The average Bonchev–Trinajstić information content (AvgIpc) is 2.33. The molecule has 0 aliphatic heterocycles. The Morgan fingerprint density at radius 1 is 1.56 bits per heavy atom. The highest BCUT2D eigenvalue weighted by atomic mass is 15.5. The highest BCUT2D eigenvalue weighted by Gasteiger charge is 1.89. The van der Waals surface area contributed by atoms with Gasteiger partial charge in [0.1, 0.15) is 5.52 Å². The van der Waals surface area contributed by atoms with E-state index in [9.17, 15) is 0 Å². The van der Waals surface area contributed by atoms with Gasteiger partial charge in [0.25, 0.3) is 0 Å². The Kier molecular flexibility index (Phi) is 0.745. The molecule has 0 spiro atoms. The van der Waals surface area contributed by atoms with Gasteiger partial charge in [-0.25, -0.2) is 0 Å². The normalized spacial score (nSPS) is 10.2. The van der Waals surface area contributed by atoms with E-state index < -0.39 is 0 Å². The number of hydrogen-bond donors (Lipinski definition) is 0. The third kappa shape index (κ3) is 0.561. The van der Waals surface area contributed by atoms with E-state index >= 15 is 0 Å². The van der Waals surface area contributed by atoms with E-state index in [0.717, 1.165) is 5.52 Å². The predicted molar refractivity (Wildman–Crippen MR) is 29.6 cm³/mol. The summed E-state index contributed by atoms with van der Waals surface area (Å²) in [4.78, 5) is 0. The zero-order chi connectivity index (χ0) is 6.10. The van der Waals surface area contributed by atoms with Crippen molar-refractivity contribution in [3.05, 3.63) is 24.5 Å². The van der Waals surface area contributed by atoms with Crippen molar-refractivity contribution in [2.45, 2.75) is 0 Å². The molecular formula is C5H3N4. The first kappa shape index (κ1) is 4.43. The summed E-state index contributed by atoms with van der Waals surface area (Å²) in [7, 11) is 0. The van der Waals surface area contributed by atoms with Crippen LogP contribution in [0.5, 0.6) is 0 Å². The van der Waals surface area contributed by atoms with E-state index in [4.69, 9.17) is 0 Å². The maximum atomic E-state index is 3.85. The summed E-state index contributed by atoms with van der Waals surface area (Å²) >= 11 is 0. The predicted octanol–water partition coefficient (Wildman–Crippen LogP) is -0.0755. The van der Waals surface area contributed by atoms with Crippen molar-refractivity contribution < 1.29 is 0 Å². The van der Waals surface area contributed by atoms with Crippen LogP contribution in [0.15, 0.2) is 18.5 Å². The van der Waals surface area contributed by atoms with Crippen molar-refractivity contribution in [2.75, 3.05) is 0 Å². The average molecular weight is 119 g/mol. The van der Waals surface area contributed by atoms with Gasteiger partial charge in [-0.1, -0.05) is 0 Å². The Hall–Kier alpha value is -1.45. The first-order chi connectivity index (χ1) is 4.47.